The molecule has 0 aromatic heterocycles. The highest BCUT2D eigenvalue weighted by Crippen LogP contribution is 2.29. The lowest BCUT2D eigenvalue weighted by Crippen LogP contribution is -2.42. The number of hydrogen-bond donors (Lipinski definition) is 2. The molecular weight excluding hydrogens is 298 g/mol. The van der Waals surface area contributed by atoms with Crippen LogP contribution in [0.1, 0.15) is 12.8 Å². The van der Waals surface area contributed by atoms with Crippen LogP contribution in [0, 0.1) is 10.1 Å². The van der Waals surface area contributed by atoms with Gasteiger partial charge >= 0.3 is 5.69 Å². The molecule has 0 saturated carbocycles. The number of sulfonamides is 1. The molecule has 21 heavy (non-hydrogen) atoms. The molecule has 1 aromatic carbocycles. The molecule has 8 nitrogen and oxygen atoms in total. The van der Waals surface area contributed by atoms with Crippen molar-refractivity contribution in [2.24, 2.45) is 0 Å². The third kappa shape index (κ3) is 3.69. The van der Waals surface area contributed by atoms with E-state index in [4.69, 9.17) is 4.74 Å². The van der Waals surface area contributed by atoms with Crippen LogP contribution in [-0.2, 0) is 10.0 Å². The molecule has 0 atom stereocenters. The third-order valence-electron chi connectivity index (χ3n) is 3.32. The van der Waals surface area contributed by atoms with Crippen LogP contribution < -0.4 is 14.8 Å². The van der Waals surface area contributed by atoms with Crippen LogP contribution >= 0.6 is 0 Å². The molecule has 0 bridgehead atoms. The van der Waals surface area contributed by atoms with E-state index in [0.717, 1.165) is 19.2 Å². The summed E-state index contributed by atoms with van der Waals surface area (Å²) in [4.78, 5) is 10.2. The molecule has 1 fully saturated rings. The minimum absolute atomic E-state index is 0.0384. The van der Waals surface area contributed by atoms with Crippen LogP contribution in [0.2, 0.25) is 0 Å². The van der Waals surface area contributed by atoms with Gasteiger partial charge in [0, 0.05) is 18.2 Å². The molecule has 1 saturated heterocycles. The van der Waals surface area contributed by atoms with Crippen molar-refractivity contribution in [2.45, 2.75) is 23.8 Å². The van der Waals surface area contributed by atoms with Gasteiger partial charge in [0.1, 0.15) is 0 Å². The second kappa shape index (κ2) is 6.37. The standard InChI is InChI=1S/C12H17N3O5S/c1-20-12-8-10(2-3-11(12)15(16)17)21(18,19)14-9-4-6-13-7-5-9/h2-3,8-9,13-14H,4-7H2,1H3. The van der Waals surface area contributed by atoms with E-state index in [9.17, 15) is 18.5 Å². The Morgan fingerprint density at radius 3 is 2.62 bits per heavy atom. The van der Waals surface area contributed by atoms with Crippen LogP contribution in [0.15, 0.2) is 23.1 Å². The number of benzene rings is 1. The van der Waals surface area contributed by atoms with Crippen molar-refractivity contribution in [1.29, 1.82) is 0 Å². The zero-order chi connectivity index (χ0) is 15.5. The van der Waals surface area contributed by atoms with Crippen LogP contribution in [0.3, 0.4) is 0 Å². The zero-order valence-electron chi connectivity index (χ0n) is 11.5. The van der Waals surface area contributed by atoms with Gasteiger partial charge in [-0.3, -0.25) is 10.1 Å². The summed E-state index contributed by atoms with van der Waals surface area (Å²) in [5, 5.41) is 14.0. The predicted molar refractivity (Wildman–Crippen MR) is 75.9 cm³/mol. The predicted octanol–water partition coefficient (Wildman–Crippen LogP) is 0.634. The average molecular weight is 315 g/mol. The lowest BCUT2D eigenvalue weighted by Gasteiger charge is -2.23. The highest BCUT2D eigenvalue weighted by Gasteiger charge is 2.24. The Morgan fingerprint density at radius 2 is 2.05 bits per heavy atom. The molecule has 9 heteroatoms. The average Bonchev–Trinajstić information content (AvgIpc) is 2.47. The van der Waals surface area contributed by atoms with Crippen LogP contribution in [0.25, 0.3) is 0 Å². The Morgan fingerprint density at radius 1 is 1.38 bits per heavy atom. The Labute approximate surface area is 122 Å². The first-order valence-corrected chi connectivity index (χ1v) is 7.98. The van der Waals surface area contributed by atoms with Gasteiger partial charge in [0.15, 0.2) is 5.75 Å². The summed E-state index contributed by atoms with van der Waals surface area (Å²) in [5.41, 5.74) is -0.265. The molecule has 116 valence electrons. The highest BCUT2D eigenvalue weighted by molar-refractivity contribution is 7.89. The van der Waals surface area contributed by atoms with E-state index in [1.165, 1.54) is 19.2 Å². The first-order chi connectivity index (χ1) is 9.94. The summed E-state index contributed by atoms with van der Waals surface area (Å²) in [6, 6.07) is 3.39. The number of nitrogens with zero attached hydrogens (tertiary/aromatic N) is 1. The molecule has 0 amide bonds. The Hall–Kier alpha value is -1.71. The maximum atomic E-state index is 12.3. The van der Waals surface area contributed by atoms with Gasteiger partial charge in [-0.05, 0) is 32.0 Å². The molecule has 1 aliphatic heterocycles. The normalized spacial score (nSPS) is 16.6. The maximum absolute atomic E-state index is 12.3. The van der Waals surface area contributed by atoms with Gasteiger partial charge in [0.05, 0.1) is 16.9 Å². The second-order valence-electron chi connectivity index (χ2n) is 4.74. The minimum atomic E-state index is -3.72. The monoisotopic (exact) mass is 315 g/mol. The van der Waals surface area contributed by atoms with Crippen molar-refractivity contribution in [3.63, 3.8) is 0 Å². The van der Waals surface area contributed by atoms with Crippen LogP contribution in [0.5, 0.6) is 5.75 Å². The van der Waals surface area contributed by atoms with Gasteiger partial charge in [0.25, 0.3) is 0 Å². The summed E-state index contributed by atoms with van der Waals surface area (Å²) in [7, 11) is -2.45. The topological polar surface area (TPSA) is 111 Å². The number of methoxy groups -OCH3 is 1. The summed E-state index contributed by atoms with van der Waals surface area (Å²) in [6.07, 6.45) is 1.42. The van der Waals surface area contributed by atoms with E-state index >= 15 is 0 Å². The van der Waals surface area contributed by atoms with E-state index in [1.54, 1.807) is 0 Å². The van der Waals surface area contributed by atoms with Crippen molar-refractivity contribution in [3.05, 3.63) is 28.3 Å². The summed E-state index contributed by atoms with van der Waals surface area (Å²) in [6.45, 7) is 1.52. The molecule has 2 rings (SSSR count). The summed E-state index contributed by atoms with van der Waals surface area (Å²) >= 11 is 0. The largest absolute Gasteiger partial charge is 0.490 e. The molecule has 1 aliphatic rings. The van der Waals surface area contributed by atoms with E-state index < -0.39 is 14.9 Å². The Kier molecular flexibility index (Phi) is 4.76. The lowest BCUT2D eigenvalue weighted by atomic mass is 10.1. The summed E-state index contributed by atoms with van der Waals surface area (Å²) < 4.78 is 32.1. The maximum Gasteiger partial charge on any atom is 0.310 e. The minimum Gasteiger partial charge on any atom is -0.490 e. The molecule has 1 aromatic rings. The molecule has 0 radical (unpaired) electrons. The van der Waals surface area contributed by atoms with Crippen molar-refractivity contribution in [1.82, 2.24) is 10.0 Å². The Bertz CT molecular complexity index is 626. The first kappa shape index (κ1) is 15.7. The van der Waals surface area contributed by atoms with Crippen molar-refractivity contribution < 1.29 is 18.1 Å². The van der Waals surface area contributed by atoms with Gasteiger partial charge in [-0.2, -0.15) is 0 Å². The molecule has 0 aliphatic carbocycles. The number of nitro benzene ring substituents is 1. The van der Waals surface area contributed by atoms with Gasteiger partial charge < -0.3 is 10.1 Å². The molecular formula is C12H17N3O5S. The zero-order valence-corrected chi connectivity index (χ0v) is 12.4. The SMILES string of the molecule is COc1cc(S(=O)(=O)NC2CCNCC2)ccc1[N+](=O)[O-]. The van der Waals surface area contributed by atoms with Crippen molar-refractivity contribution in [3.8, 4) is 5.75 Å². The van der Waals surface area contributed by atoms with Crippen molar-refractivity contribution in [2.75, 3.05) is 20.2 Å². The van der Waals surface area contributed by atoms with Gasteiger partial charge in [-0.15, -0.1) is 0 Å². The molecule has 1 heterocycles. The smallest absolute Gasteiger partial charge is 0.310 e. The van der Waals surface area contributed by atoms with Gasteiger partial charge in [0.2, 0.25) is 10.0 Å². The Balaban J connectivity index is 2.25. The first-order valence-electron chi connectivity index (χ1n) is 6.49. The summed E-state index contributed by atoms with van der Waals surface area (Å²) in [5.74, 6) is -0.0758. The number of hydrogen-bond acceptors (Lipinski definition) is 6. The molecule has 0 unspecified atom stereocenters. The fourth-order valence-corrected chi connectivity index (χ4v) is 3.52. The van der Waals surface area contributed by atoms with Gasteiger partial charge in [-0.1, -0.05) is 0 Å². The van der Waals surface area contributed by atoms with Crippen LogP contribution in [0.4, 0.5) is 5.69 Å². The number of nitrogens with one attached hydrogen (secondary N) is 2. The molecule has 2 N–H and O–H groups in total. The van der Waals surface area contributed by atoms with E-state index in [-0.39, 0.29) is 22.4 Å². The lowest BCUT2D eigenvalue weighted by molar-refractivity contribution is -0.385. The fraction of sp³-hybridized carbons (Fsp3) is 0.500. The second-order valence-corrected chi connectivity index (χ2v) is 6.45. The highest BCUT2D eigenvalue weighted by atomic mass is 32.2. The van der Waals surface area contributed by atoms with Crippen LogP contribution in [-0.4, -0.2) is 39.6 Å². The van der Waals surface area contributed by atoms with E-state index in [0.29, 0.717) is 12.8 Å². The van der Waals surface area contributed by atoms with Gasteiger partial charge in [-0.25, -0.2) is 13.1 Å². The quantitative estimate of drug-likeness (QED) is 0.609. The van der Waals surface area contributed by atoms with Crippen molar-refractivity contribution >= 4 is 15.7 Å². The fourth-order valence-electron chi connectivity index (χ4n) is 2.20. The number of ether oxygens (including phenoxy) is 1. The third-order valence-corrected chi connectivity index (χ3v) is 4.84. The number of nitro groups is 1. The number of rotatable bonds is 5. The van der Waals surface area contributed by atoms with E-state index in [1.807, 2.05) is 0 Å². The van der Waals surface area contributed by atoms with E-state index in [2.05, 4.69) is 10.0 Å². The number of piperidine rings is 1. The molecule has 0 spiro atoms.